The van der Waals surface area contributed by atoms with Gasteiger partial charge >= 0.3 is 5.97 Å². The maximum Gasteiger partial charge on any atom is 0.340 e. The van der Waals surface area contributed by atoms with Crippen LogP contribution >= 0.6 is 11.8 Å². The quantitative estimate of drug-likeness (QED) is 0.366. The van der Waals surface area contributed by atoms with Crippen molar-refractivity contribution in [2.75, 3.05) is 0 Å². The third-order valence-corrected chi connectivity index (χ3v) is 5.79. The van der Waals surface area contributed by atoms with Crippen LogP contribution in [0.15, 0.2) is 82.6 Å². The molecule has 0 fully saturated rings. The zero-order valence-electron chi connectivity index (χ0n) is 16.8. The number of hydrogen-bond acceptors (Lipinski definition) is 5. The van der Waals surface area contributed by atoms with Gasteiger partial charge < -0.3 is 4.74 Å². The molecule has 0 radical (unpaired) electrons. The Morgan fingerprint density at radius 3 is 2.27 bits per heavy atom. The van der Waals surface area contributed by atoms with E-state index in [0.29, 0.717) is 21.6 Å². The summed E-state index contributed by atoms with van der Waals surface area (Å²) in [6.07, 6.45) is -0.0167. The van der Waals surface area contributed by atoms with Crippen LogP contribution in [0.3, 0.4) is 0 Å². The lowest BCUT2D eigenvalue weighted by Gasteiger charge is -2.14. The molecule has 0 heterocycles. The van der Waals surface area contributed by atoms with E-state index in [-0.39, 0.29) is 5.78 Å². The minimum atomic E-state index is -0.908. The second-order valence-corrected chi connectivity index (χ2v) is 7.75. The van der Waals surface area contributed by atoms with Crippen molar-refractivity contribution >= 4 is 23.5 Å². The highest BCUT2D eigenvalue weighted by Crippen LogP contribution is 2.33. The standard InChI is InChI=1S/C25H21NO3S/c1-3-18-12-14-19(15-13-18)24(27)17(2)29-25(28)21-9-5-7-11-23(21)30-22-10-6-4-8-20(22)16-26/h4-15,17H,3H2,1-2H3/t17-/m1/s1. The number of aryl methyl sites for hydroxylation is 1. The monoisotopic (exact) mass is 415 g/mol. The number of esters is 1. The lowest BCUT2D eigenvalue weighted by Crippen LogP contribution is -2.24. The Labute approximate surface area is 180 Å². The van der Waals surface area contributed by atoms with Crippen molar-refractivity contribution in [3.63, 3.8) is 0 Å². The van der Waals surface area contributed by atoms with E-state index in [0.717, 1.165) is 16.9 Å². The molecule has 0 bridgehead atoms. The van der Waals surface area contributed by atoms with Crippen molar-refractivity contribution in [1.29, 1.82) is 5.26 Å². The van der Waals surface area contributed by atoms with Crippen LogP contribution < -0.4 is 0 Å². The van der Waals surface area contributed by atoms with Gasteiger partial charge in [-0.15, -0.1) is 0 Å². The summed E-state index contributed by atoms with van der Waals surface area (Å²) in [7, 11) is 0. The molecular formula is C25H21NO3S. The highest BCUT2D eigenvalue weighted by Gasteiger charge is 2.22. The maximum absolute atomic E-state index is 12.8. The van der Waals surface area contributed by atoms with Crippen LogP contribution in [0.4, 0.5) is 0 Å². The van der Waals surface area contributed by atoms with Gasteiger partial charge in [0.2, 0.25) is 5.78 Å². The molecule has 30 heavy (non-hydrogen) atoms. The molecule has 0 aliphatic carbocycles. The van der Waals surface area contributed by atoms with Crippen molar-refractivity contribution in [2.45, 2.75) is 36.2 Å². The number of Topliss-reactive ketones (excluding diaryl/α,β-unsaturated/α-hetero) is 1. The molecule has 0 N–H and O–H groups in total. The Bertz CT molecular complexity index is 1100. The molecule has 3 rings (SSSR count). The van der Waals surface area contributed by atoms with Crippen molar-refractivity contribution < 1.29 is 14.3 Å². The Morgan fingerprint density at radius 2 is 1.60 bits per heavy atom. The van der Waals surface area contributed by atoms with E-state index in [1.807, 2.05) is 37.3 Å². The topological polar surface area (TPSA) is 67.2 Å². The molecule has 0 aliphatic heterocycles. The highest BCUT2D eigenvalue weighted by atomic mass is 32.2. The molecule has 0 saturated heterocycles. The van der Waals surface area contributed by atoms with Gasteiger partial charge in [0.1, 0.15) is 6.07 Å². The van der Waals surface area contributed by atoms with Crippen LogP contribution in [0.2, 0.25) is 0 Å². The number of ether oxygens (including phenoxy) is 1. The van der Waals surface area contributed by atoms with Crippen LogP contribution in [-0.2, 0) is 11.2 Å². The van der Waals surface area contributed by atoms with Crippen LogP contribution in [0.5, 0.6) is 0 Å². The van der Waals surface area contributed by atoms with E-state index < -0.39 is 12.1 Å². The molecule has 0 saturated carbocycles. The zero-order chi connectivity index (χ0) is 21.5. The zero-order valence-corrected chi connectivity index (χ0v) is 17.6. The molecule has 3 aromatic rings. The fraction of sp³-hybridized carbons (Fsp3) is 0.160. The molecule has 1 atom stereocenters. The number of hydrogen-bond donors (Lipinski definition) is 0. The van der Waals surface area contributed by atoms with Gasteiger partial charge in [-0.1, -0.05) is 67.2 Å². The molecule has 0 amide bonds. The number of ketones is 1. The van der Waals surface area contributed by atoms with Gasteiger partial charge in [-0.05, 0) is 43.2 Å². The maximum atomic E-state index is 12.8. The second kappa shape index (κ2) is 9.91. The first-order chi connectivity index (χ1) is 14.5. The smallest absolute Gasteiger partial charge is 0.340 e. The normalized spacial score (nSPS) is 11.4. The van der Waals surface area contributed by atoms with Crippen LogP contribution in [0.1, 0.15) is 45.7 Å². The van der Waals surface area contributed by atoms with Crippen molar-refractivity contribution in [1.82, 2.24) is 0 Å². The second-order valence-electron chi connectivity index (χ2n) is 6.67. The largest absolute Gasteiger partial charge is 0.451 e. The molecule has 0 spiro atoms. The fourth-order valence-corrected chi connectivity index (χ4v) is 3.92. The number of nitrogens with zero attached hydrogens (tertiary/aromatic N) is 1. The third kappa shape index (κ3) is 4.97. The summed E-state index contributed by atoms with van der Waals surface area (Å²) >= 11 is 1.32. The number of carbonyl (C=O) groups excluding carboxylic acids is 2. The minimum Gasteiger partial charge on any atom is -0.451 e. The van der Waals surface area contributed by atoms with E-state index in [1.165, 1.54) is 11.8 Å². The molecular weight excluding hydrogens is 394 g/mol. The number of carbonyl (C=O) groups is 2. The first-order valence-corrected chi connectivity index (χ1v) is 10.4. The Morgan fingerprint density at radius 1 is 0.967 bits per heavy atom. The van der Waals surface area contributed by atoms with E-state index >= 15 is 0 Å². The fourth-order valence-electron chi connectivity index (χ4n) is 2.91. The molecule has 5 heteroatoms. The van der Waals surface area contributed by atoms with Crippen LogP contribution in [-0.4, -0.2) is 17.9 Å². The SMILES string of the molecule is CCc1ccc(C(=O)[C@@H](C)OC(=O)c2ccccc2Sc2ccccc2C#N)cc1. The first kappa shape index (κ1) is 21.4. The van der Waals surface area contributed by atoms with E-state index in [4.69, 9.17) is 4.74 Å². The number of benzene rings is 3. The molecule has 3 aromatic carbocycles. The average Bonchev–Trinajstić information content (AvgIpc) is 2.79. The van der Waals surface area contributed by atoms with Crippen LogP contribution in [0.25, 0.3) is 0 Å². The van der Waals surface area contributed by atoms with Gasteiger partial charge in [0.25, 0.3) is 0 Å². The van der Waals surface area contributed by atoms with E-state index in [9.17, 15) is 14.9 Å². The Hall–Kier alpha value is -3.36. The summed E-state index contributed by atoms with van der Waals surface area (Å²) in [6.45, 7) is 3.63. The van der Waals surface area contributed by atoms with Gasteiger partial charge in [-0.25, -0.2) is 4.79 Å². The number of nitriles is 1. The molecule has 0 aromatic heterocycles. The van der Waals surface area contributed by atoms with Gasteiger partial charge in [0.15, 0.2) is 6.10 Å². The predicted octanol–water partition coefficient (Wildman–Crippen LogP) is 5.70. The van der Waals surface area contributed by atoms with Gasteiger partial charge in [0.05, 0.1) is 11.1 Å². The van der Waals surface area contributed by atoms with Gasteiger partial charge in [-0.2, -0.15) is 5.26 Å². The summed E-state index contributed by atoms with van der Waals surface area (Å²) < 4.78 is 5.48. The average molecular weight is 416 g/mol. The Balaban J connectivity index is 1.77. The lowest BCUT2D eigenvalue weighted by atomic mass is 10.0. The van der Waals surface area contributed by atoms with Gasteiger partial charge in [-0.3, -0.25) is 4.79 Å². The van der Waals surface area contributed by atoms with Crippen LogP contribution in [0, 0.1) is 11.3 Å². The molecule has 150 valence electrons. The molecule has 0 aliphatic rings. The van der Waals surface area contributed by atoms with Crippen molar-refractivity contribution in [2.24, 2.45) is 0 Å². The van der Waals surface area contributed by atoms with Crippen molar-refractivity contribution in [3.05, 3.63) is 95.1 Å². The Kier molecular flexibility index (Phi) is 7.05. The van der Waals surface area contributed by atoms with E-state index in [2.05, 4.69) is 6.07 Å². The highest BCUT2D eigenvalue weighted by molar-refractivity contribution is 7.99. The molecule has 0 unspecified atom stereocenters. The summed E-state index contributed by atoms with van der Waals surface area (Å²) in [5, 5.41) is 9.30. The minimum absolute atomic E-state index is 0.244. The summed E-state index contributed by atoms with van der Waals surface area (Å²) in [6, 6.07) is 23.7. The van der Waals surface area contributed by atoms with Crippen molar-refractivity contribution in [3.8, 4) is 6.07 Å². The van der Waals surface area contributed by atoms with Gasteiger partial charge in [0, 0.05) is 15.4 Å². The summed E-state index contributed by atoms with van der Waals surface area (Å²) in [5.41, 5.74) is 2.54. The van der Waals surface area contributed by atoms with E-state index in [1.54, 1.807) is 49.4 Å². The number of rotatable bonds is 7. The third-order valence-electron chi connectivity index (χ3n) is 4.63. The lowest BCUT2D eigenvalue weighted by molar-refractivity contribution is 0.0315. The summed E-state index contributed by atoms with van der Waals surface area (Å²) in [5.74, 6) is -0.815. The summed E-state index contributed by atoms with van der Waals surface area (Å²) in [4.78, 5) is 26.9. The molecule has 4 nitrogen and oxygen atoms in total. The predicted molar refractivity (Wildman–Crippen MR) is 117 cm³/mol. The first-order valence-electron chi connectivity index (χ1n) is 9.63.